The average Bonchev–Trinajstić information content (AvgIpc) is 3.14. The van der Waals surface area contributed by atoms with Crippen molar-refractivity contribution in [3.63, 3.8) is 0 Å². The number of carbonyl (C=O) groups is 2. The first-order valence-corrected chi connectivity index (χ1v) is 10.6. The third kappa shape index (κ3) is 4.72. The lowest BCUT2D eigenvalue weighted by Crippen LogP contribution is -2.50. The molecule has 3 N–H and O–H groups in total. The Kier molecular flexibility index (Phi) is 6.26. The maximum atomic E-state index is 12.8. The van der Waals surface area contributed by atoms with Crippen molar-refractivity contribution in [3.8, 4) is 0 Å². The standard InChI is InChI=1S/C20H31N5O3/c26-19(22-15-2-1-3-15)14-4-5-16(23-20(27)18-6-9-21-24-18)13-25(12-14)17-7-10-28-11-8-17/h6,9,14-17H,1-5,7-8,10-13H2,(H,21,24)(H,22,26)(H,23,27)/t14-,16+/m1/s1. The Bertz CT molecular complexity index is 655. The molecule has 8 nitrogen and oxygen atoms in total. The summed E-state index contributed by atoms with van der Waals surface area (Å²) in [5, 5.41) is 12.9. The van der Waals surface area contributed by atoms with E-state index in [0.29, 0.717) is 17.8 Å². The minimum Gasteiger partial charge on any atom is -0.381 e. The SMILES string of the molecule is O=C(N[C@H]1CC[C@@H](C(=O)NC2CCC2)CN(C2CCOCC2)C1)c1ccn[nH]1. The molecule has 8 heteroatoms. The van der Waals surface area contributed by atoms with Crippen LogP contribution in [0.15, 0.2) is 12.3 Å². The van der Waals surface area contributed by atoms with E-state index < -0.39 is 0 Å². The van der Waals surface area contributed by atoms with Gasteiger partial charge in [0.1, 0.15) is 5.69 Å². The quantitative estimate of drug-likeness (QED) is 0.700. The molecule has 1 aliphatic carbocycles. The molecule has 4 rings (SSSR count). The van der Waals surface area contributed by atoms with E-state index in [1.54, 1.807) is 12.3 Å². The molecule has 2 atom stereocenters. The van der Waals surface area contributed by atoms with Gasteiger partial charge in [-0.3, -0.25) is 19.6 Å². The molecule has 0 spiro atoms. The van der Waals surface area contributed by atoms with Crippen LogP contribution in [0.5, 0.6) is 0 Å². The summed E-state index contributed by atoms with van der Waals surface area (Å²) in [7, 11) is 0. The van der Waals surface area contributed by atoms with Gasteiger partial charge in [0.2, 0.25) is 5.91 Å². The summed E-state index contributed by atoms with van der Waals surface area (Å²) in [6.45, 7) is 3.08. The Hall–Kier alpha value is -1.93. The molecule has 0 aromatic carbocycles. The molecule has 1 aromatic heterocycles. The maximum absolute atomic E-state index is 12.8. The van der Waals surface area contributed by atoms with Gasteiger partial charge in [0.25, 0.3) is 5.91 Å². The fraction of sp³-hybridized carbons (Fsp3) is 0.750. The van der Waals surface area contributed by atoms with Crippen LogP contribution in [-0.2, 0) is 9.53 Å². The van der Waals surface area contributed by atoms with Gasteiger partial charge in [-0.1, -0.05) is 0 Å². The van der Waals surface area contributed by atoms with E-state index in [9.17, 15) is 9.59 Å². The smallest absolute Gasteiger partial charge is 0.269 e. The van der Waals surface area contributed by atoms with Crippen LogP contribution in [0.1, 0.15) is 55.4 Å². The number of aromatic amines is 1. The van der Waals surface area contributed by atoms with Gasteiger partial charge in [-0.2, -0.15) is 5.10 Å². The summed E-state index contributed by atoms with van der Waals surface area (Å²) in [5.41, 5.74) is 0.473. The molecule has 2 saturated heterocycles. The van der Waals surface area contributed by atoms with Crippen molar-refractivity contribution in [2.45, 2.75) is 63.1 Å². The molecule has 0 bridgehead atoms. The van der Waals surface area contributed by atoms with Crippen molar-refractivity contribution in [1.29, 1.82) is 0 Å². The van der Waals surface area contributed by atoms with Crippen molar-refractivity contribution < 1.29 is 14.3 Å². The highest BCUT2D eigenvalue weighted by molar-refractivity contribution is 5.92. The number of amides is 2. The molecule has 3 aliphatic rings. The summed E-state index contributed by atoms with van der Waals surface area (Å²) in [5.74, 6) is 0.0339. The predicted octanol–water partition coefficient (Wildman–Crippen LogP) is 1.07. The van der Waals surface area contributed by atoms with E-state index in [1.807, 2.05) is 0 Å². The second-order valence-electron chi connectivity index (χ2n) is 8.35. The molecule has 1 aromatic rings. The Labute approximate surface area is 165 Å². The van der Waals surface area contributed by atoms with Crippen molar-refractivity contribution in [3.05, 3.63) is 18.0 Å². The Balaban J connectivity index is 1.42. The Morgan fingerprint density at radius 2 is 1.86 bits per heavy atom. The summed E-state index contributed by atoms with van der Waals surface area (Å²) < 4.78 is 5.52. The Morgan fingerprint density at radius 1 is 1.04 bits per heavy atom. The van der Waals surface area contributed by atoms with Crippen LogP contribution >= 0.6 is 0 Å². The zero-order chi connectivity index (χ0) is 19.3. The van der Waals surface area contributed by atoms with Crippen molar-refractivity contribution in [1.82, 2.24) is 25.7 Å². The number of aromatic nitrogens is 2. The van der Waals surface area contributed by atoms with E-state index in [2.05, 4.69) is 25.7 Å². The van der Waals surface area contributed by atoms with E-state index in [0.717, 1.165) is 64.8 Å². The number of nitrogens with one attached hydrogen (secondary N) is 3. The van der Waals surface area contributed by atoms with Crippen molar-refractivity contribution in [2.75, 3.05) is 26.3 Å². The lowest BCUT2D eigenvalue weighted by Gasteiger charge is -2.36. The number of ether oxygens (including phenoxy) is 1. The van der Waals surface area contributed by atoms with Crippen LogP contribution in [0.2, 0.25) is 0 Å². The normalized spacial score (nSPS) is 27.6. The van der Waals surface area contributed by atoms with Gasteiger partial charge < -0.3 is 15.4 Å². The Morgan fingerprint density at radius 3 is 2.54 bits per heavy atom. The number of nitrogens with zero attached hydrogens (tertiary/aromatic N) is 2. The first-order valence-electron chi connectivity index (χ1n) is 10.6. The minimum atomic E-state index is -0.133. The van der Waals surface area contributed by atoms with Crippen molar-refractivity contribution >= 4 is 11.8 Å². The van der Waals surface area contributed by atoms with Crippen LogP contribution in [0.25, 0.3) is 0 Å². The first kappa shape index (κ1) is 19.4. The summed E-state index contributed by atoms with van der Waals surface area (Å²) in [6.07, 6.45) is 8.57. The van der Waals surface area contributed by atoms with Gasteiger partial charge >= 0.3 is 0 Å². The molecule has 3 fully saturated rings. The molecular weight excluding hydrogens is 358 g/mol. The van der Waals surface area contributed by atoms with Gasteiger partial charge in [-0.25, -0.2) is 0 Å². The van der Waals surface area contributed by atoms with Crippen LogP contribution in [0, 0.1) is 5.92 Å². The van der Waals surface area contributed by atoms with Crippen LogP contribution in [-0.4, -0.2) is 71.3 Å². The summed E-state index contributed by atoms with van der Waals surface area (Å²) >= 11 is 0. The van der Waals surface area contributed by atoms with Gasteiger partial charge in [0, 0.05) is 50.6 Å². The first-order chi connectivity index (χ1) is 13.7. The van der Waals surface area contributed by atoms with Gasteiger partial charge in [0.05, 0.1) is 5.92 Å². The number of hydrogen-bond acceptors (Lipinski definition) is 5. The number of H-pyrrole nitrogens is 1. The molecule has 3 heterocycles. The van der Waals surface area contributed by atoms with Crippen molar-refractivity contribution in [2.24, 2.45) is 5.92 Å². The summed E-state index contributed by atoms with van der Waals surface area (Å²) in [6, 6.07) is 2.48. The molecule has 154 valence electrons. The second kappa shape index (κ2) is 9.05. The van der Waals surface area contributed by atoms with E-state index in [-0.39, 0.29) is 23.8 Å². The highest BCUT2D eigenvalue weighted by Crippen LogP contribution is 2.25. The number of rotatable bonds is 5. The minimum absolute atomic E-state index is 0.0162. The van der Waals surface area contributed by atoms with Crippen LogP contribution in [0.3, 0.4) is 0 Å². The van der Waals surface area contributed by atoms with E-state index >= 15 is 0 Å². The molecule has 0 radical (unpaired) electrons. The molecule has 1 saturated carbocycles. The monoisotopic (exact) mass is 389 g/mol. The lowest BCUT2D eigenvalue weighted by atomic mass is 9.91. The molecular formula is C20H31N5O3. The largest absolute Gasteiger partial charge is 0.381 e. The second-order valence-corrected chi connectivity index (χ2v) is 8.35. The summed E-state index contributed by atoms with van der Waals surface area (Å²) in [4.78, 5) is 27.7. The zero-order valence-corrected chi connectivity index (χ0v) is 16.4. The molecule has 2 aliphatic heterocycles. The van der Waals surface area contributed by atoms with Gasteiger partial charge in [-0.15, -0.1) is 0 Å². The predicted molar refractivity (Wildman–Crippen MR) is 104 cm³/mol. The fourth-order valence-corrected chi connectivity index (χ4v) is 4.42. The third-order valence-electron chi connectivity index (χ3n) is 6.38. The zero-order valence-electron chi connectivity index (χ0n) is 16.4. The maximum Gasteiger partial charge on any atom is 0.269 e. The topological polar surface area (TPSA) is 99.3 Å². The number of carbonyl (C=O) groups excluding carboxylic acids is 2. The average molecular weight is 390 g/mol. The highest BCUT2D eigenvalue weighted by atomic mass is 16.5. The molecule has 0 unspecified atom stereocenters. The molecule has 2 amide bonds. The van der Waals surface area contributed by atoms with Crippen LogP contribution in [0.4, 0.5) is 0 Å². The highest BCUT2D eigenvalue weighted by Gasteiger charge is 2.34. The van der Waals surface area contributed by atoms with Crippen LogP contribution < -0.4 is 10.6 Å². The lowest BCUT2D eigenvalue weighted by molar-refractivity contribution is -0.127. The van der Waals surface area contributed by atoms with Gasteiger partial charge in [-0.05, 0) is 51.0 Å². The van der Waals surface area contributed by atoms with E-state index in [1.165, 1.54) is 6.42 Å². The third-order valence-corrected chi connectivity index (χ3v) is 6.38. The molecule has 28 heavy (non-hydrogen) atoms. The fourth-order valence-electron chi connectivity index (χ4n) is 4.42. The number of likely N-dealkylation sites (tertiary alicyclic amines) is 1. The van der Waals surface area contributed by atoms with Gasteiger partial charge in [0.15, 0.2) is 0 Å². The van der Waals surface area contributed by atoms with E-state index in [4.69, 9.17) is 4.74 Å². The number of hydrogen-bond donors (Lipinski definition) is 3.